The van der Waals surface area contributed by atoms with E-state index >= 15 is 0 Å². The SMILES string of the molecule is Cc1ccc2c(c1)Cc1cccc(c1)CN(C(=O)CCn1ccnc1)CCOCCO2. The first-order chi connectivity index (χ1) is 15.2. The summed E-state index contributed by atoms with van der Waals surface area (Å²) in [6, 6.07) is 14.8. The van der Waals surface area contributed by atoms with Gasteiger partial charge in [0.15, 0.2) is 0 Å². The van der Waals surface area contributed by atoms with Gasteiger partial charge in [0.2, 0.25) is 5.91 Å². The zero-order valence-electron chi connectivity index (χ0n) is 18.0. The summed E-state index contributed by atoms with van der Waals surface area (Å²) in [5.74, 6) is 1.03. The van der Waals surface area contributed by atoms with Crippen LogP contribution in [0.5, 0.6) is 5.75 Å². The summed E-state index contributed by atoms with van der Waals surface area (Å²) in [6.07, 6.45) is 6.57. The van der Waals surface area contributed by atoms with Crippen molar-refractivity contribution in [2.24, 2.45) is 0 Å². The van der Waals surface area contributed by atoms with Crippen LogP contribution in [0.1, 0.15) is 28.7 Å². The molecule has 1 aliphatic rings. The summed E-state index contributed by atoms with van der Waals surface area (Å²) < 4.78 is 13.7. The second-order valence-corrected chi connectivity index (χ2v) is 7.93. The number of benzene rings is 2. The second-order valence-electron chi connectivity index (χ2n) is 7.93. The molecule has 6 heteroatoms. The van der Waals surface area contributed by atoms with Gasteiger partial charge in [-0.3, -0.25) is 4.79 Å². The van der Waals surface area contributed by atoms with Crippen LogP contribution in [0.2, 0.25) is 0 Å². The fourth-order valence-electron chi connectivity index (χ4n) is 3.85. The van der Waals surface area contributed by atoms with Crippen molar-refractivity contribution in [3.05, 3.63) is 83.4 Å². The van der Waals surface area contributed by atoms with Gasteiger partial charge in [0, 0.05) is 44.9 Å². The number of imidazole rings is 1. The molecular weight excluding hydrogens is 390 g/mol. The Morgan fingerprint density at radius 2 is 2.00 bits per heavy atom. The fraction of sp³-hybridized carbons (Fsp3) is 0.360. The molecule has 0 spiro atoms. The molecule has 162 valence electrons. The normalized spacial score (nSPS) is 14.9. The Labute approximate surface area is 183 Å². The van der Waals surface area contributed by atoms with E-state index in [4.69, 9.17) is 9.47 Å². The Hall–Kier alpha value is -3.12. The number of aromatic nitrogens is 2. The molecule has 0 aliphatic carbocycles. The molecule has 2 heterocycles. The first-order valence-electron chi connectivity index (χ1n) is 10.8. The Morgan fingerprint density at radius 3 is 2.87 bits per heavy atom. The lowest BCUT2D eigenvalue weighted by atomic mass is 10.00. The van der Waals surface area contributed by atoms with E-state index in [1.165, 1.54) is 16.7 Å². The van der Waals surface area contributed by atoms with E-state index in [1.54, 1.807) is 12.5 Å². The van der Waals surface area contributed by atoms with E-state index in [0.29, 0.717) is 45.9 Å². The predicted octanol–water partition coefficient (Wildman–Crippen LogP) is 3.61. The number of rotatable bonds is 3. The summed E-state index contributed by atoms with van der Waals surface area (Å²) in [5, 5.41) is 0. The topological polar surface area (TPSA) is 56.6 Å². The van der Waals surface area contributed by atoms with Gasteiger partial charge in [-0.2, -0.15) is 0 Å². The van der Waals surface area contributed by atoms with Crippen molar-refractivity contribution in [3.63, 3.8) is 0 Å². The third-order valence-electron chi connectivity index (χ3n) is 5.46. The van der Waals surface area contributed by atoms with Gasteiger partial charge in [-0.15, -0.1) is 0 Å². The van der Waals surface area contributed by atoms with Crippen LogP contribution < -0.4 is 4.74 Å². The summed E-state index contributed by atoms with van der Waals surface area (Å²) in [7, 11) is 0. The molecule has 0 unspecified atom stereocenters. The highest BCUT2D eigenvalue weighted by Gasteiger charge is 2.15. The van der Waals surface area contributed by atoms with Crippen LogP contribution >= 0.6 is 0 Å². The molecule has 0 atom stereocenters. The smallest absolute Gasteiger partial charge is 0.224 e. The molecule has 0 fully saturated rings. The largest absolute Gasteiger partial charge is 0.491 e. The first kappa shape index (κ1) is 21.1. The maximum Gasteiger partial charge on any atom is 0.224 e. The minimum absolute atomic E-state index is 0.118. The highest BCUT2D eigenvalue weighted by atomic mass is 16.5. The Bertz CT molecular complexity index is 1000. The van der Waals surface area contributed by atoms with Crippen molar-refractivity contribution < 1.29 is 14.3 Å². The molecule has 0 saturated carbocycles. The van der Waals surface area contributed by atoms with E-state index in [9.17, 15) is 4.79 Å². The second kappa shape index (κ2) is 10.3. The number of aryl methyl sites for hydroxylation is 2. The fourth-order valence-corrected chi connectivity index (χ4v) is 3.85. The maximum atomic E-state index is 12.9. The van der Waals surface area contributed by atoms with Crippen LogP contribution in [0, 0.1) is 6.92 Å². The number of nitrogens with zero attached hydrogens (tertiary/aromatic N) is 3. The first-order valence-corrected chi connectivity index (χ1v) is 10.8. The third kappa shape index (κ3) is 5.95. The molecule has 6 nitrogen and oxygen atoms in total. The molecule has 1 amide bonds. The van der Waals surface area contributed by atoms with Gasteiger partial charge in [-0.1, -0.05) is 42.0 Å². The highest BCUT2D eigenvalue weighted by Crippen LogP contribution is 2.24. The van der Waals surface area contributed by atoms with Gasteiger partial charge < -0.3 is 18.9 Å². The highest BCUT2D eigenvalue weighted by molar-refractivity contribution is 5.76. The number of ether oxygens (including phenoxy) is 2. The lowest BCUT2D eigenvalue weighted by Gasteiger charge is -2.24. The molecule has 31 heavy (non-hydrogen) atoms. The minimum atomic E-state index is 0.118. The van der Waals surface area contributed by atoms with Crippen LogP contribution in [0.25, 0.3) is 0 Å². The van der Waals surface area contributed by atoms with Crippen molar-refractivity contribution in [1.29, 1.82) is 0 Å². The molecule has 0 saturated heterocycles. The lowest BCUT2D eigenvalue weighted by Crippen LogP contribution is -2.34. The molecule has 1 aliphatic heterocycles. The van der Waals surface area contributed by atoms with Crippen LogP contribution in [0.4, 0.5) is 0 Å². The standard InChI is InChI=1S/C25H29N3O3/c1-20-5-6-24-23(15-20)17-21-3-2-4-22(16-21)18-28(11-12-30-13-14-31-24)25(29)7-9-27-10-8-26-19-27/h2-6,8,10,15-16,19H,7,9,11-14,17-18H2,1H3. The number of carbonyl (C=O) groups excluding carboxylic acids is 1. The van der Waals surface area contributed by atoms with Gasteiger partial charge in [-0.05, 0) is 29.7 Å². The molecule has 1 aromatic heterocycles. The van der Waals surface area contributed by atoms with E-state index in [1.807, 2.05) is 21.7 Å². The Kier molecular flexibility index (Phi) is 6.99. The van der Waals surface area contributed by atoms with Crippen LogP contribution in [0.15, 0.2) is 61.2 Å². The van der Waals surface area contributed by atoms with Crippen LogP contribution in [-0.4, -0.2) is 46.7 Å². The van der Waals surface area contributed by atoms with Crippen molar-refractivity contribution in [2.45, 2.75) is 32.9 Å². The quantitative estimate of drug-likeness (QED) is 0.651. The van der Waals surface area contributed by atoms with E-state index in [2.05, 4.69) is 48.3 Å². The van der Waals surface area contributed by atoms with Gasteiger partial charge >= 0.3 is 0 Å². The maximum absolute atomic E-state index is 12.9. The molecule has 2 aromatic carbocycles. The summed E-state index contributed by atoms with van der Waals surface area (Å²) >= 11 is 0. The van der Waals surface area contributed by atoms with Crippen molar-refractivity contribution in [2.75, 3.05) is 26.4 Å². The molecule has 2 bridgehead atoms. The lowest BCUT2D eigenvalue weighted by molar-refractivity contribution is -0.132. The zero-order valence-corrected chi connectivity index (χ0v) is 18.0. The third-order valence-corrected chi connectivity index (χ3v) is 5.46. The van der Waals surface area contributed by atoms with E-state index < -0.39 is 0 Å². The van der Waals surface area contributed by atoms with Gasteiger partial charge in [0.05, 0.1) is 19.5 Å². The summed E-state index contributed by atoms with van der Waals surface area (Å²) in [5.41, 5.74) is 4.72. The molecule has 0 N–H and O–H groups in total. The van der Waals surface area contributed by atoms with Crippen molar-refractivity contribution >= 4 is 5.91 Å². The minimum Gasteiger partial charge on any atom is -0.491 e. The Balaban J connectivity index is 1.52. The average Bonchev–Trinajstić information content (AvgIpc) is 3.28. The van der Waals surface area contributed by atoms with Crippen LogP contribution in [0.3, 0.4) is 0 Å². The number of carbonyl (C=O) groups is 1. The zero-order chi connectivity index (χ0) is 21.5. The van der Waals surface area contributed by atoms with Crippen molar-refractivity contribution in [1.82, 2.24) is 14.5 Å². The monoisotopic (exact) mass is 419 g/mol. The molecule has 4 rings (SSSR count). The van der Waals surface area contributed by atoms with Crippen LogP contribution in [-0.2, 0) is 29.0 Å². The number of fused-ring (bicyclic) bond motifs is 3. The molecule has 3 aromatic rings. The summed E-state index contributed by atoms with van der Waals surface area (Å²) in [6.45, 7) is 5.33. The predicted molar refractivity (Wildman–Crippen MR) is 119 cm³/mol. The van der Waals surface area contributed by atoms with Gasteiger partial charge in [0.25, 0.3) is 0 Å². The van der Waals surface area contributed by atoms with Gasteiger partial charge in [-0.25, -0.2) is 4.98 Å². The van der Waals surface area contributed by atoms with Crippen molar-refractivity contribution in [3.8, 4) is 5.75 Å². The average molecular weight is 420 g/mol. The number of amides is 1. The Morgan fingerprint density at radius 1 is 1.10 bits per heavy atom. The molecule has 0 radical (unpaired) electrons. The summed E-state index contributed by atoms with van der Waals surface area (Å²) in [4.78, 5) is 18.9. The van der Waals surface area contributed by atoms with E-state index in [0.717, 1.165) is 17.7 Å². The molecular formula is C25H29N3O3. The van der Waals surface area contributed by atoms with Gasteiger partial charge in [0.1, 0.15) is 12.4 Å². The number of hydrogen-bond acceptors (Lipinski definition) is 4. The van der Waals surface area contributed by atoms with E-state index in [-0.39, 0.29) is 5.91 Å². The number of hydrogen-bond donors (Lipinski definition) is 0.